The van der Waals surface area contributed by atoms with E-state index in [1.165, 1.54) is 6.42 Å². The Balaban J connectivity index is 2.13. The maximum atomic E-state index is 5.51. The van der Waals surface area contributed by atoms with Gasteiger partial charge in [-0.1, -0.05) is 12.1 Å². The van der Waals surface area contributed by atoms with Crippen LogP contribution in [0.4, 0.5) is 0 Å². The highest BCUT2D eigenvalue weighted by Crippen LogP contribution is 2.45. The molecule has 2 rings (SSSR count). The smallest absolute Gasteiger partial charge is 0.241 e. The lowest BCUT2D eigenvalue weighted by Gasteiger charge is -1.82. The SMILES string of the molecule is CC1CC1c1noc(CCl)n1. The fourth-order valence-electron chi connectivity index (χ4n) is 1.15. The molecule has 4 heteroatoms. The van der Waals surface area contributed by atoms with Crippen molar-refractivity contribution in [1.29, 1.82) is 0 Å². The molecule has 1 fully saturated rings. The van der Waals surface area contributed by atoms with Crippen LogP contribution in [0.15, 0.2) is 4.52 Å². The first-order valence-corrected chi connectivity index (χ1v) is 4.23. The lowest BCUT2D eigenvalue weighted by molar-refractivity contribution is 0.384. The Morgan fingerprint density at radius 1 is 1.73 bits per heavy atom. The average molecular weight is 173 g/mol. The zero-order valence-corrected chi connectivity index (χ0v) is 7.01. The van der Waals surface area contributed by atoms with Gasteiger partial charge in [-0.25, -0.2) is 0 Å². The van der Waals surface area contributed by atoms with Gasteiger partial charge in [0.15, 0.2) is 5.82 Å². The average Bonchev–Trinajstić information content (AvgIpc) is 2.59. The van der Waals surface area contributed by atoms with E-state index in [0.717, 1.165) is 11.7 Å². The number of aromatic nitrogens is 2. The van der Waals surface area contributed by atoms with Gasteiger partial charge < -0.3 is 4.52 Å². The van der Waals surface area contributed by atoms with E-state index in [9.17, 15) is 0 Å². The molecule has 0 radical (unpaired) electrons. The molecular formula is C7H9ClN2O. The molecule has 1 aromatic rings. The van der Waals surface area contributed by atoms with Crippen molar-refractivity contribution in [2.75, 3.05) is 0 Å². The topological polar surface area (TPSA) is 38.9 Å². The standard InChI is InChI=1S/C7H9ClN2O/c1-4-2-5(4)7-9-6(3-8)11-10-7/h4-5H,2-3H2,1H3. The van der Waals surface area contributed by atoms with Crippen molar-refractivity contribution in [3.63, 3.8) is 0 Å². The van der Waals surface area contributed by atoms with Gasteiger partial charge in [-0.2, -0.15) is 4.98 Å². The predicted molar refractivity (Wildman–Crippen MR) is 40.4 cm³/mol. The van der Waals surface area contributed by atoms with E-state index < -0.39 is 0 Å². The minimum Gasteiger partial charge on any atom is -0.338 e. The van der Waals surface area contributed by atoms with Crippen molar-refractivity contribution in [3.05, 3.63) is 11.7 Å². The second-order valence-corrected chi connectivity index (χ2v) is 3.27. The van der Waals surface area contributed by atoms with Gasteiger partial charge in [0.05, 0.1) is 0 Å². The lowest BCUT2D eigenvalue weighted by Crippen LogP contribution is -1.84. The highest BCUT2D eigenvalue weighted by Gasteiger charge is 2.37. The molecule has 60 valence electrons. The molecule has 0 bridgehead atoms. The van der Waals surface area contributed by atoms with Crippen molar-refractivity contribution in [2.24, 2.45) is 5.92 Å². The Morgan fingerprint density at radius 2 is 2.45 bits per heavy atom. The molecule has 0 aromatic carbocycles. The van der Waals surface area contributed by atoms with E-state index in [-0.39, 0.29) is 0 Å². The van der Waals surface area contributed by atoms with E-state index in [1.807, 2.05) is 0 Å². The maximum Gasteiger partial charge on any atom is 0.241 e. The number of rotatable bonds is 2. The summed E-state index contributed by atoms with van der Waals surface area (Å²) in [5, 5.41) is 3.83. The monoisotopic (exact) mass is 172 g/mol. The molecule has 11 heavy (non-hydrogen) atoms. The Hall–Kier alpha value is -0.570. The number of nitrogens with zero attached hydrogens (tertiary/aromatic N) is 2. The number of halogens is 1. The normalized spacial score (nSPS) is 28.9. The minimum absolute atomic E-state index is 0.314. The molecule has 2 unspecified atom stereocenters. The van der Waals surface area contributed by atoms with Crippen LogP contribution in [0.1, 0.15) is 31.0 Å². The second kappa shape index (κ2) is 2.48. The quantitative estimate of drug-likeness (QED) is 0.640. The van der Waals surface area contributed by atoms with Crippen LogP contribution in [-0.2, 0) is 5.88 Å². The zero-order chi connectivity index (χ0) is 7.84. The van der Waals surface area contributed by atoms with Gasteiger partial charge in [-0.15, -0.1) is 11.6 Å². The van der Waals surface area contributed by atoms with E-state index in [0.29, 0.717) is 17.7 Å². The first kappa shape index (κ1) is 7.10. The van der Waals surface area contributed by atoms with E-state index in [4.69, 9.17) is 16.1 Å². The summed E-state index contributed by atoms with van der Waals surface area (Å²) in [7, 11) is 0. The molecule has 0 amide bonds. The highest BCUT2D eigenvalue weighted by atomic mass is 35.5. The molecule has 0 aliphatic heterocycles. The number of hydrogen-bond acceptors (Lipinski definition) is 3. The Labute approximate surface area is 69.7 Å². The summed E-state index contributed by atoms with van der Waals surface area (Å²) in [6.07, 6.45) is 1.18. The van der Waals surface area contributed by atoms with Gasteiger partial charge in [0, 0.05) is 5.92 Å². The van der Waals surface area contributed by atoms with Crippen LogP contribution in [0.2, 0.25) is 0 Å². The Bertz CT molecular complexity index is 261. The summed E-state index contributed by atoms with van der Waals surface area (Å²) < 4.78 is 4.87. The summed E-state index contributed by atoms with van der Waals surface area (Å²) >= 11 is 5.51. The van der Waals surface area contributed by atoms with Crippen LogP contribution in [0.5, 0.6) is 0 Å². The fourth-order valence-corrected chi connectivity index (χ4v) is 1.26. The summed E-state index contributed by atoms with van der Waals surface area (Å²) in [5.74, 6) is 2.91. The van der Waals surface area contributed by atoms with Gasteiger partial charge in [0.1, 0.15) is 5.88 Å². The number of alkyl halides is 1. The predicted octanol–water partition coefficient (Wildman–Crippen LogP) is 1.93. The van der Waals surface area contributed by atoms with Crippen molar-refractivity contribution in [3.8, 4) is 0 Å². The largest absolute Gasteiger partial charge is 0.338 e. The molecule has 1 aliphatic rings. The van der Waals surface area contributed by atoms with Gasteiger partial charge in [0.2, 0.25) is 5.89 Å². The maximum absolute atomic E-state index is 5.51. The van der Waals surface area contributed by atoms with Gasteiger partial charge >= 0.3 is 0 Å². The molecule has 1 heterocycles. The van der Waals surface area contributed by atoms with Gasteiger partial charge in [-0.05, 0) is 12.3 Å². The molecule has 2 atom stereocenters. The third kappa shape index (κ3) is 1.25. The van der Waals surface area contributed by atoms with E-state index >= 15 is 0 Å². The van der Waals surface area contributed by atoms with Gasteiger partial charge in [-0.3, -0.25) is 0 Å². The first-order valence-electron chi connectivity index (χ1n) is 3.69. The van der Waals surface area contributed by atoms with Crippen LogP contribution < -0.4 is 0 Å². The van der Waals surface area contributed by atoms with Crippen LogP contribution in [0.25, 0.3) is 0 Å². The minimum atomic E-state index is 0.314. The third-order valence-corrected chi connectivity index (χ3v) is 2.27. The highest BCUT2D eigenvalue weighted by molar-refractivity contribution is 6.16. The Kier molecular flexibility index (Phi) is 1.60. The van der Waals surface area contributed by atoms with E-state index in [1.54, 1.807) is 0 Å². The van der Waals surface area contributed by atoms with Crippen molar-refractivity contribution < 1.29 is 4.52 Å². The fraction of sp³-hybridized carbons (Fsp3) is 0.714. The van der Waals surface area contributed by atoms with E-state index in [2.05, 4.69) is 17.1 Å². The Morgan fingerprint density at radius 3 is 2.91 bits per heavy atom. The summed E-state index contributed by atoms with van der Waals surface area (Å²) in [5.41, 5.74) is 0. The lowest BCUT2D eigenvalue weighted by atomic mass is 10.3. The molecule has 1 aromatic heterocycles. The van der Waals surface area contributed by atoms with Crippen LogP contribution in [0, 0.1) is 5.92 Å². The number of hydrogen-bond donors (Lipinski definition) is 0. The molecule has 0 saturated heterocycles. The summed E-state index contributed by atoms with van der Waals surface area (Å²) in [6, 6.07) is 0. The molecule has 1 aliphatic carbocycles. The van der Waals surface area contributed by atoms with Crippen molar-refractivity contribution >= 4 is 11.6 Å². The summed E-state index contributed by atoms with van der Waals surface area (Å²) in [6.45, 7) is 2.18. The molecule has 3 nitrogen and oxygen atoms in total. The summed E-state index contributed by atoms with van der Waals surface area (Å²) in [4.78, 5) is 4.13. The van der Waals surface area contributed by atoms with Crippen molar-refractivity contribution in [2.45, 2.75) is 25.1 Å². The zero-order valence-electron chi connectivity index (χ0n) is 6.25. The van der Waals surface area contributed by atoms with Crippen LogP contribution in [-0.4, -0.2) is 10.1 Å². The van der Waals surface area contributed by atoms with Gasteiger partial charge in [0.25, 0.3) is 0 Å². The molecule has 0 N–H and O–H groups in total. The van der Waals surface area contributed by atoms with Crippen LogP contribution >= 0.6 is 11.6 Å². The van der Waals surface area contributed by atoms with Crippen LogP contribution in [0.3, 0.4) is 0 Å². The van der Waals surface area contributed by atoms with Crippen molar-refractivity contribution in [1.82, 2.24) is 10.1 Å². The first-order chi connectivity index (χ1) is 5.31. The molecular weight excluding hydrogens is 164 g/mol. The molecule has 1 saturated carbocycles. The second-order valence-electron chi connectivity index (χ2n) is 3.00. The third-order valence-electron chi connectivity index (χ3n) is 2.04. The molecule has 0 spiro atoms.